The molecule has 0 aliphatic rings. The van der Waals surface area contributed by atoms with Gasteiger partial charge in [-0.15, -0.1) is 11.8 Å². The predicted octanol–water partition coefficient (Wildman–Crippen LogP) is 2.35. The third kappa shape index (κ3) is 5.96. The average molecular weight is 355 g/mol. The number of amides is 1. The number of hydrogen-bond acceptors (Lipinski definition) is 6. The predicted molar refractivity (Wildman–Crippen MR) is 87.0 cm³/mol. The van der Waals surface area contributed by atoms with Gasteiger partial charge < -0.3 is 20.9 Å². The van der Waals surface area contributed by atoms with Gasteiger partial charge >= 0.3 is 12.1 Å². The first-order chi connectivity index (χ1) is 11.0. The molecule has 1 unspecified atom stereocenters. The summed E-state index contributed by atoms with van der Waals surface area (Å²) < 4.78 is 18.6. The number of hydrogen-bond donors (Lipinski definition) is 3. The van der Waals surface area contributed by atoms with Crippen LogP contribution >= 0.6 is 11.8 Å². The number of ether oxygens (including phenoxy) is 1. The molecule has 1 aromatic carbocycles. The van der Waals surface area contributed by atoms with E-state index in [1.807, 2.05) is 0 Å². The molecule has 1 rings (SSSR count). The SMILES string of the molecule is CC(C)(C)OC(=O)NC(CSc1cc(F)c(C#N)cc1N)C(=O)O. The lowest BCUT2D eigenvalue weighted by Gasteiger charge is -2.22. The van der Waals surface area contributed by atoms with E-state index in [1.165, 1.54) is 6.07 Å². The fourth-order valence-electron chi connectivity index (χ4n) is 1.58. The maximum Gasteiger partial charge on any atom is 0.408 e. The Morgan fingerprint density at radius 3 is 2.62 bits per heavy atom. The van der Waals surface area contributed by atoms with Crippen LogP contribution in [0.2, 0.25) is 0 Å². The second kappa shape index (κ2) is 7.88. The molecule has 130 valence electrons. The number of nitrogens with two attached hydrogens (primary N) is 1. The zero-order valence-corrected chi connectivity index (χ0v) is 14.2. The molecule has 0 spiro atoms. The van der Waals surface area contributed by atoms with E-state index >= 15 is 0 Å². The van der Waals surface area contributed by atoms with Crippen LogP contribution in [0.3, 0.4) is 0 Å². The number of carbonyl (C=O) groups excluding carboxylic acids is 1. The molecule has 1 amide bonds. The average Bonchev–Trinajstić information content (AvgIpc) is 2.43. The summed E-state index contributed by atoms with van der Waals surface area (Å²) in [5.74, 6) is -2.10. The van der Waals surface area contributed by atoms with Gasteiger partial charge in [-0.1, -0.05) is 0 Å². The second-order valence-corrected chi connectivity index (χ2v) is 6.89. The van der Waals surface area contributed by atoms with Crippen molar-refractivity contribution in [2.24, 2.45) is 0 Å². The number of nitriles is 1. The molecule has 0 fully saturated rings. The van der Waals surface area contributed by atoms with Gasteiger partial charge in [0.15, 0.2) is 0 Å². The molecule has 9 heteroatoms. The summed E-state index contributed by atoms with van der Waals surface area (Å²) in [6.07, 6.45) is -0.866. The number of aliphatic carboxylic acids is 1. The van der Waals surface area contributed by atoms with E-state index < -0.39 is 29.5 Å². The van der Waals surface area contributed by atoms with Crippen molar-refractivity contribution in [3.05, 3.63) is 23.5 Å². The number of carboxylic acid groups (broad SMARTS) is 1. The number of anilines is 1. The minimum atomic E-state index is -1.26. The third-order valence-electron chi connectivity index (χ3n) is 2.61. The van der Waals surface area contributed by atoms with E-state index in [9.17, 15) is 19.1 Å². The molecule has 1 aromatic rings. The number of carboxylic acids is 1. The van der Waals surface area contributed by atoms with Gasteiger partial charge in [-0.05, 0) is 32.9 Å². The fourth-order valence-corrected chi connectivity index (χ4v) is 2.56. The minimum absolute atomic E-state index is 0.0931. The Labute approximate surface area is 143 Å². The molecule has 0 aliphatic heterocycles. The number of carbonyl (C=O) groups is 2. The first-order valence-corrected chi connectivity index (χ1v) is 7.86. The highest BCUT2D eigenvalue weighted by atomic mass is 32.2. The lowest BCUT2D eigenvalue weighted by molar-refractivity contribution is -0.138. The van der Waals surface area contributed by atoms with Gasteiger partial charge in [0.25, 0.3) is 0 Å². The summed E-state index contributed by atoms with van der Waals surface area (Å²) >= 11 is 0.951. The molecule has 0 aromatic heterocycles. The Kier molecular flexibility index (Phi) is 6.42. The Morgan fingerprint density at radius 2 is 2.12 bits per heavy atom. The highest BCUT2D eigenvalue weighted by Crippen LogP contribution is 2.28. The molecule has 24 heavy (non-hydrogen) atoms. The first kappa shape index (κ1) is 19.6. The Bertz CT molecular complexity index is 683. The molecule has 7 nitrogen and oxygen atoms in total. The highest BCUT2D eigenvalue weighted by Gasteiger charge is 2.24. The summed E-state index contributed by atoms with van der Waals surface area (Å²) in [6.45, 7) is 4.95. The lowest BCUT2D eigenvalue weighted by Crippen LogP contribution is -2.44. The number of halogens is 1. The van der Waals surface area contributed by atoms with E-state index in [0.717, 1.165) is 17.8 Å². The number of benzene rings is 1. The molecule has 0 radical (unpaired) electrons. The van der Waals surface area contributed by atoms with Gasteiger partial charge in [-0.2, -0.15) is 5.26 Å². The fraction of sp³-hybridized carbons (Fsp3) is 0.400. The topological polar surface area (TPSA) is 125 Å². The van der Waals surface area contributed by atoms with E-state index in [1.54, 1.807) is 26.8 Å². The Hall–Kier alpha value is -2.47. The van der Waals surface area contributed by atoms with Crippen molar-refractivity contribution in [1.29, 1.82) is 5.26 Å². The number of alkyl carbamates (subject to hydrolysis) is 1. The van der Waals surface area contributed by atoms with E-state index in [2.05, 4.69) is 5.32 Å². The van der Waals surface area contributed by atoms with Gasteiger partial charge in [0.05, 0.1) is 5.56 Å². The summed E-state index contributed by atoms with van der Waals surface area (Å²) in [7, 11) is 0. The van der Waals surface area contributed by atoms with Crippen LogP contribution < -0.4 is 11.1 Å². The summed E-state index contributed by atoms with van der Waals surface area (Å²) in [4.78, 5) is 23.2. The van der Waals surface area contributed by atoms with Crippen LogP contribution in [-0.2, 0) is 9.53 Å². The van der Waals surface area contributed by atoms with Gasteiger partial charge in [0.2, 0.25) is 0 Å². The zero-order chi connectivity index (χ0) is 18.5. The molecule has 4 N–H and O–H groups in total. The van der Waals surface area contributed by atoms with Crippen LogP contribution in [0.15, 0.2) is 17.0 Å². The van der Waals surface area contributed by atoms with Gasteiger partial charge in [-0.3, -0.25) is 0 Å². The van der Waals surface area contributed by atoms with E-state index in [4.69, 9.17) is 15.7 Å². The monoisotopic (exact) mass is 355 g/mol. The van der Waals surface area contributed by atoms with Crippen molar-refractivity contribution in [3.63, 3.8) is 0 Å². The largest absolute Gasteiger partial charge is 0.480 e. The van der Waals surface area contributed by atoms with Crippen LogP contribution in [0.1, 0.15) is 26.3 Å². The van der Waals surface area contributed by atoms with Crippen molar-refractivity contribution in [1.82, 2.24) is 5.32 Å². The van der Waals surface area contributed by atoms with E-state index in [0.29, 0.717) is 0 Å². The van der Waals surface area contributed by atoms with Crippen LogP contribution in [0, 0.1) is 17.1 Å². The molecule has 0 bridgehead atoms. The number of rotatable bonds is 5. The maximum absolute atomic E-state index is 13.6. The molecule has 0 saturated carbocycles. The van der Waals surface area contributed by atoms with Gasteiger partial charge in [0, 0.05) is 16.3 Å². The van der Waals surface area contributed by atoms with Crippen molar-refractivity contribution in [2.45, 2.75) is 37.3 Å². The second-order valence-electron chi connectivity index (χ2n) is 5.83. The Morgan fingerprint density at radius 1 is 1.50 bits per heavy atom. The van der Waals surface area contributed by atoms with Crippen LogP contribution in [0.25, 0.3) is 0 Å². The molecular formula is C15H18FN3O4S. The molecule has 0 heterocycles. The number of thioether (sulfide) groups is 1. The summed E-state index contributed by atoms with van der Waals surface area (Å²) in [5.41, 5.74) is 4.91. The quantitative estimate of drug-likeness (QED) is 0.547. The van der Waals surface area contributed by atoms with Crippen LogP contribution in [-0.4, -0.2) is 34.6 Å². The van der Waals surface area contributed by atoms with Crippen molar-refractivity contribution in [2.75, 3.05) is 11.5 Å². The molecule has 0 aliphatic carbocycles. The van der Waals surface area contributed by atoms with Crippen molar-refractivity contribution < 1.29 is 23.8 Å². The highest BCUT2D eigenvalue weighted by molar-refractivity contribution is 7.99. The smallest absolute Gasteiger partial charge is 0.408 e. The zero-order valence-electron chi connectivity index (χ0n) is 13.4. The number of nitrogens with one attached hydrogen (secondary N) is 1. The number of nitrogen functional groups attached to an aromatic ring is 1. The van der Waals surface area contributed by atoms with Crippen LogP contribution in [0.5, 0.6) is 0 Å². The van der Waals surface area contributed by atoms with Gasteiger partial charge in [0.1, 0.15) is 23.5 Å². The molecule has 0 saturated heterocycles. The van der Waals surface area contributed by atoms with Crippen molar-refractivity contribution >= 4 is 29.5 Å². The minimum Gasteiger partial charge on any atom is -0.480 e. The van der Waals surface area contributed by atoms with Crippen LogP contribution in [0.4, 0.5) is 14.9 Å². The third-order valence-corrected chi connectivity index (χ3v) is 3.78. The molecule has 1 atom stereocenters. The maximum atomic E-state index is 13.6. The normalized spacial score (nSPS) is 12.1. The summed E-state index contributed by atoms with van der Waals surface area (Å²) in [5, 5.41) is 20.1. The van der Waals surface area contributed by atoms with Crippen molar-refractivity contribution in [3.8, 4) is 6.07 Å². The Balaban J connectivity index is 2.78. The van der Waals surface area contributed by atoms with E-state index in [-0.39, 0.29) is 21.9 Å². The molecular weight excluding hydrogens is 337 g/mol. The number of nitrogens with zero attached hydrogens (tertiary/aromatic N) is 1. The standard InChI is InChI=1S/C15H18FN3O4S/c1-15(2,3)23-14(22)19-11(13(20)21)7-24-12-5-9(16)8(6-17)4-10(12)18/h4-5,11H,7,18H2,1-3H3,(H,19,22)(H,20,21). The first-order valence-electron chi connectivity index (χ1n) is 6.87. The lowest BCUT2D eigenvalue weighted by atomic mass is 10.2. The summed E-state index contributed by atoms with van der Waals surface area (Å²) in [6, 6.07) is 2.65. The van der Waals surface area contributed by atoms with Gasteiger partial charge in [-0.25, -0.2) is 14.0 Å².